The first-order valence-corrected chi connectivity index (χ1v) is 6.53. The van der Waals surface area contributed by atoms with Crippen molar-refractivity contribution in [2.24, 2.45) is 0 Å². The van der Waals surface area contributed by atoms with E-state index in [-0.39, 0.29) is 0 Å². The van der Waals surface area contributed by atoms with Crippen molar-refractivity contribution in [1.82, 2.24) is 10.3 Å². The highest BCUT2D eigenvalue weighted by atomic mass is 16.5. The summed E-state index contributed by atoms with van der Waals surface area (Å²) in [6.45, 7) is 8.92. The van der Waals surface area contributed by atoms with Crippen molar-refractivity contribution in [2.45, 2.75) is 52.9 Å². The van der Waals surface area contributed by atoms with Crippen LogP contribution in [0.15, 0.2) is 18.3 Å². The molecule has 0 aliphatic heterocycles. The Bertz CT molecular complexity index is 315. The zero-order valence-corrected chi connectivity index (χ0v) is 11.2. The molecule has 0 radical (unpaired) electrons. The van der Waals surface area contributed by atoms with Gasteiger partial charge in [-0.3, -0.25) is 4.98 Å². The smallest absolute Gasteiger partial charge is 0.0894 e. The highest BCUT2D eigenvalue weighted by molar-refractivity contribution is 5.18. The van der Waals surface area contributed by atoms with Crippen LogP contribution in [0.1, 0.15) is 44.9 Å². The fourth-order valence-corrected chi connectivity index (χ4v) is 1.50. The molecular formula is C14H24N2O. The molecule has 1 heterocycles. The molecule has 1 atom stereocenters. The number of ether oxygens (including phenoxy) is 1. The molecule has 0 aliphatic carbocycles. The van der Waals surface area contributed by atoms with Gasteiger partial charge < -0.3 is 10.1 Å². The Morgan fingerprint density at radius 1 is 1.41 bits per heavy atom. The number of hydrogen-bond donors (Lipinski definition) is 1. The minimum Gasteiger partial charge on any atom is -0.372 e. The van der Waals surface area contributed by atoms with Crippen LogP contribution in [-0.4, -0.2) is 17.6 Å². The lowest BCUT2D eigenvalue weighted by Crippen LogP contribution is -2.16. The third kappa shape index (κ3) is 5.29. The molecule has 0 fully saturated rings. The summed E-state index contributed by atoms with van der Waals surface area (Å²) in [5.74, 6) is 0. The van der Waals surface area contributed by atoms with Gasteiger partial charge in [0.15, 0.2) is 0 Å². The van der Waals surface area contributed by atoms with Crippen molar-refractivity contribution >= 4 is 0 Å². The van der Waals surface area contributed by atoms with Crippen LogP contribution < -0.4 is 5.32 Å². The number of aromatic nitrogens is 1. The summed E-state index contributed by atoms with van der Waals surface area (Å²) in [5.41, 5.74) is 2.29. The molecule has 1 aromatic heterocycles. The Kier molecular flexibility index (Phi) is 6.82. The van der Waals surface area contributed by atoms with Crippen LogP contribution in [0.5, 0.6) is 0 Å². The van der Waals surface area contributed by atoms with E-state index in [1.165, 1.54) is 5.56 Å². The Morgan fingerprint density at radius 2 is 2.24 bits per heavy atom. The molecule has 0 aliphatic rings. The largest absolute Gasteiger partial charge is 0.372 e. The molecule has 0 saturated carbocycles. The molecule has 0 aromatic carbocycles. The SMILES string of the molecule is CCCNCc1cccnc1COC(C)CC. The molecule has 1 N–H and O–H groups in total. The number of rotatable bonds is 8. The molecular weight excluding hydrogens is 212 g/mol. The maximum atomic E-state index is 5.73. The van der Waals surface area contributed by atoms with Gasteiger partial charge in [-0.25, -0.2) is 0 Å². The summed E-state index contributed by atoms with van der Waals surface area (Å²) < 4.78 is 5.73. The van der Waals surface area contributed by atoms with E-state index in [0.29, 0.717) is 12.7 Å². The monoisotopic (exact) mass is 236 g/mol. The van der Waals surface area contributed by atoms with E-state index in [2.05, 4.69) is 37.1 Å². The summed E-state index contributed by atoms with van der Waals surface area (Å²) >= 11 is 0. The molecule has 3 nitrogen and oxygen atoms in total. The van der Waals surface area contributed by atoms with E-state index in [4.69, 9.17) is 4.74 Å². The second-order valence-electron chi connectivity index (χ2n) is 4.32. The number of nitrogens with one attached hydrogen (secondary N) is 1. The lowest BCUT2D eigenvalue weighted by atomic mass is 10.2. The van der Waals surface area contributed by atoms with Gasteiger partial charge in [0.25, 0.3) is 0 Å². The Labute approximate surface area is 105 Å². The van der Waals surface area contributed by atoms with Gasteiger partial charge >= 0.3 is 0 Å². The molecule has 3 heteroatoms. The van der Waals surface area contributed by atoms with Crippen molar-refractivity contribution in [2.75, 3.05) is 6.54 Å². The molecule has 17 heavy (non-hydrogen) atoms. The van der Waals surface area contributed by atoms with Gasteiger partial charge in [-0.1, -0.05) is 19.9 Å². The van der Waals surface area contributed by atoms with Crippen molar-refractivity contribution in [1.29, 1.82) is 0 Å². The second-order valence-corrected chi connectivity index (χ2v) is 4.32. The first-order chi connectivity index (χ1) is 8.27. The summed E-state index contributed by atoms with van der Waals surface area (Å²) in [6, 6.07) is 4.10. The van der Waals surface area contributed by atoms with E-state index in [0.717, 1.165) is 31.6 Å². The van der Waals surface area contributed by atoms with E-state index >= 15 is 0 Å². The van der Waals surface area contributed by atoms with Crippen LogP contribution >= 0.6 is 0 Å². The molecule has 96 valence electrons. The predicted octanol–water partition coefficient (Wildman–Crippen LogP) is 2.90. The topological polar surface area (TPSA) is 34.2 Å². The summed E-state index contributed by atoms with van der Waals surface area (Å²) in [6.07, 6.45) is 4.32. The van der Waals surface area contributed by atoms with Gasteiger partial charge in [-0.2, -0.15) is 0 Å². The first kappa shape index (κ1) is 14.1. The molecule has 1 rings (SSSR count). The molecule has 0 amide bonds. The number of nitrogens with zero attached hydrogens (tertiary/aromatic N) is 1. The standard InChI is InChI=1S/C14H24N2O/c1-4-8-15-10-13-7-6-9-16-14(13)11-17-12(3)5-2/h6-7,9,12,15H,4-5,8,10-11H2,1-3H3. The maximum absolute atomic E-state index is 5.73. The van der Waals surface area contributed by atoms with Gasteiger partial charge in [0.05, 0.1) is 18.4 Å². The summed E-state index contributed by atoms with van der Waals surface area (Å²) in [5, 5.41) is 3.40. The molecule has 0 spiro atoms. The normalized spacial score (nSPS) is 12.6. The van der Waals surface area contributed by atoms with Crippen LogP contribution in [0.3, 0.4) is 0 Å². The molecule has 0 bridgehead atoms. The minimum absolute atomic E-state index is 0.299. The molecule has 1 aromatic rings. The molecule has 1 unspecified atom stereocenters. The first-order valence-electron chi connectivity index (χ1n) is 6.53. The van der Waals surface area contributed by atoms with Gasteiger partial charge in [0.2, 0.25) is 0 Å². The van der Waals surface area contributed by atoms with Crippen LogP contribution in [0.4, 0.5) is 0 Å². The van der Waals surface area contributed by atoms with E-state index in [9.17, 15) is 0 Å². The second kappa shape index (κ2) is 8.20. The van der Waals surface area contributed by atoms with E-state index in [1.54, 1.807) is 0 Å². The highest BCUT2D eigenvalue weighted by Crippen LogP contribution is 2.09. The zero-order chi connectivity index (χ0) is 12.5. The van der Waals surface area contributed by atoms with Crippen molar-refractivity contribution in [3.8, 4) is 0 Å². The number of pyridine rings is 1. The summed E-state index contributed by atoms with van der Waals surface area (Å²) in [4.78, 5) is 4.40. The quantitative estimate of drug-likeness (QED) is 0.705. The fraction of sp³-hybridized carbons (Fsp3) is 0.643. The van der Waals surface area contributed by atoms with Crippen molar-refractivity contribution < 1.29 is 4.74 Å². The lowest BCUT2D eigenvalue weighted by molar-refractivity contribution is 0.0484. The highest BCUT2D eigenvalue weighted by Gasteiger charge is 2.05. The van der Waals surface area contributed by atoms with E-state index < -0.39 is 0 Å². The summed E-state index contributed by atoms with van der Waals surface area (Å²) in [7, 11) is 0. The van der Waals surface area contributed by atoms with Crippen LogP contribution in [0, 0.1) is 0 Å². The average molecular weight is 236 g/mol. The average Bonchev–Trinajstić information content (AvgIpc) is 2.37. The van der Waals surface area contributed by atoms with Gasteiger partial charge in [-0.15, -0.1) is 0 Å². The van der Waals surface area contributed by atoms with Crippen LogP contribution in [0.2, 0.25) is 0 Å². The number of hydrogen-bond acceptors (Lipinski definition) is 3. The Balaban J connectivity index is 2.51. The van der Waals surface area contributed by atoms with Gasteiger partial charge in [0.1, 0.15) is 0 Å². The predicted molar refractivity (Wildman–Crippen MR) is 70.8 cm³/mol. The Morgan fingerprint density at radius 3 is 2.94 bits per heavy atom. The minimum atomic E-state index is 0.299. The van der Waals surface area contributed by atoms with Gasteiger partial charge in [-0.05, 0) is 37.9 Å². The van der Waals surface area contributed by atoms with Crippen molar-refractivity contribution in [3.05, 3.63) is 29.6 Å². The third-order valence-electron chi connectivity index (χ3n) is 2.81. The fourth-order valence-electron chi connectivity index (χ4n) is 1.50. The van der Waals surface area contributed by atoms with E-state index in [1.807, 2.05) is 12.3 Å². The lowest BCUT2D eigenvalue weighted by Gasteiger charge is -2.13. The van der Waals surface area contributed by atoms with Crippen molar-refractivity contribution in [3.63, 3.8) is 0 Å². The van der Waals surface area contributed by atoms with Crippen LogP contribution in [-0.2, 0) is 17.9 Å². The Hall–Kier alpha value is -0.930. The zero-order valence-electron chi connectivity index (χ0n) is 11.2. The maximum Gasteiger partial charge on any atom is 0.0894 e. The van der Waals surface area contributed by atoms with Crippen LogP contribution in [0.25, 0.3) is 0 Å². The third-order valence-corrected chi connectivity index (χ3v) is 2.81. The molecule has 0 saturated heterocycles. The van der Waals surface area contributed by atoms with Gasteiger partial charge in [0, 0.05) is 12.7 Å².